The first kappa shape index (κ1) is 14.7. The molecule has 0 fully saturated rings. The van der Waals surface area contributed by atoms with E-state index in [9.17, 15) is 8.42 Å². The third kappa shape index (κ3) is 5.35. The van der Waals surface area contributed by atoms with Crippen molar-refractivity contribution in [1.82, 2.24) is 4.90 Å². The third-order valence-corrected chi connectivity index (χ3v) is 4.15. The molecule has 0 bridgehead atoms. The first-order valence-corrected chi connectivity index (χ1v) is 7.56. The van der Waals surface area contributed by atoms with E-state index < -0.39 is 9.84 Å². The number of sulfone groups is 1. The molecule has 0 spiro atoms. The van der Waals surface area contributed by atoms with Crippen LogP contribution in [0.25, 0.3) is 0 Å². The Morgan fingerprint density at radius 2 is 1.78 bits per heavy atom. The maximum Gasteiger partial charge on any atom is 0.178 e. The van der Waals surface area contributed by atoms with Gasteiger partial charge >= 0.3 is 0 Å². The summed E-state index contributed by atoms with van der Waals surface area (Å²) in [6.07, 6.45) is 1.21. The molecule has 0 saturated carbocycles. The largest absolute Gasteiger partial charge is 0.299 e. The van der Waals surface area contributed by atoms with E-state index in [-0.39, 0.29) is 5.75 Å². The van der Waals surface area contributed by atoms with Crippen molar-refractivity contribution < 1.29 is 8.42 Å². The summed E-state index contributed by atoms with van der Waals surface area (Å²) in [5, 5.41) is 0. The van der Waals surface area contributed by atoms with E-state index in [2.05, 4.69) is 11.8 Å². The maximum atomic E-state index is 11.9. The molecule has 0 aliphatic heterocycles. The Morgan fingerprint density at radius 3 is 2.39 bits per heavy atom. The highest BCUT2D eigenvalue weighted by Gasteiger charge is 2.12. The van der Waals surface area contributed by atoms with Gasteiger partial charge in [0.1, 0.15) is 0 Å². The van der Waals surface area contributed by atoms with Gasteiger partial charge in [-0.25, -0.2) is 8.42 Å². The van der Waals surface area contributed by atoms with E-state index in [0.717, 1.165) is 0 Å². The molecule has 1 aromatic carbocycles. The van der Waals surface area contributed by atoms with Gasteiger partial charge in [0.15, 0.2) is 9.84 Å². The molecular weight excluding hydrogens is 246 g/mol. The van der Waals surface area contributed by atoms with Gasteiger partial charge in [-0.3, -0.25) is 4.90 Å². The molecule has 98 valence electrons. The lowest BCUT2D eigenvalue weighted by Gasteiger charge is -2.02. The van der Waals surface area contributed by atoms with Crippen LogP contribution < -0.4 is 0 Å². The molecule has 0 unspecified atom stereocenters. The predicted octanol–water partition coefficient (Wildman–Crippen LogP) is 1.81. The van der Waals surface area contributed by atoms with Gasteiger partial charge in [0, 0.05) is 6.42 Å². The van der Waals surface area contributed by atoms with Crippen LogP contribution in [0.4, 0.5) is 0 Å². The maximum absolute atomic E-state index is 11.9. The summed E-state index contributed by atoms with van der Waals surface area (Å²) >= 11 is 0. The standard InChI is InChI=1S/C14H19NO2S/c1-15(2)12-8-3-4-9-13-18(16,17)14-10-6-5-7-11-14/h5-7,10-11H,4,9,12-13H2,1-2H3. The van der Waals surface area contributed by atoms with Gasteiger partial charge < -0.3 is 0 Å². The molecule has 0 N–H and O–H groups in total. The third-order valence-electron chi connectivity index (χ3n) is 2.34. The molecule has 0 radical (unpaired) electrons. The zero-order valence-electron chi connectivity index (χ0n) is 10.9. The van der Waals surface area contributed by atoms with Gasteiger partial charge in [0.05, 0.1) is 17.2 Å². The molecule has 0 atom stereocenters. The molecular formula is C14H19NO2S. The normalized spacial score (nSPS) is 11.1. The molecule has 3 nitrogen and oxygen atoms in total. The summed E-state index contributed by atoms with van der Waals surface area (Å²) < 4.78 is 23.8. The first-order chi connectivity index (χ1) is 8.52. The van der Waals surface area contributed by atoms with Gasteiger partial charge in [-0.2, -0.15) is 0 Å². The summed E-state index contributed by atoms with van der Waals surface area (Å²) in [5.41, 5.74) is 0. The molecule has 1 rings (SSSR count). The van der Waals surface area contributed by atoms with Gasteiger partial charge in [0.25, 0.3) is 0 Å². The molecule has 0 aliphatic carbocycles. The summed E-state index contributed by atoms with van der Waals surface area (Å²) in [4.78, 5) is 2.37. The number of rotatable bonds is 5. The van der Waals surface area contributed by atoms with Crippen molar-refractivity contribution in [2.45, 2.75) is 17.7 Å². The van der Waals surface area contributed by atoms with Gasteiger partial charge in [-0.05, 0) is 32.6 Å². The minimum Gasteiger partial charge on any atom is -0.299 e. The molecule has 0 aliphatic rings. The minimum absolute atomic E-state index is 0.160. The lowest BCUT2D eigenvalue weighted by molar-refractivity contribution is 0.463. The van der Waals surface area contributed by atoms with E-state index >= 15 is 0 Å². The van der Waals surface area contributed by atoms with Crippen LogP contribution in [-0.2, 0) is 9.84 Å². The molecule has 0 saturated heterocycles. The fourth-order valence-corrected chi connectivity index (χ4v) is 2.73. The Morgan fingerprint density at radius 1 is 1.11 bits per heavy atom. The number of hydrogen-bond acceptors (Lipinski definition) is 3. The highest BCUT2D eigenvalue weighted by Crippen LogP contribution is 2.11. The van der Waals surface area contributed by atoms with Crippen molar-refractivity contribution in [3.05, 3.63) is 30.3 Å². The van der Waals surface area contributed by atoms with Gasteiger partial charge in [0.2, 0.25) is 0 Å². The van der Waals surface area contributed by atoms with Crippen molar-refractivity contribution in [1.29, 1.82) is 0 Å². The van der Waals surface area contributed by atoms with Crippen LogP contribution in [0, 0.1) is 11.8 Å². The Hall–Kier alpha value is -1.31. The molecule has 1 aromatic rings. The van der Waals surface area contributed by atoms with Crippen LogP contribution >= 0.6 is 0 Å². The number of hydrogen-bond donors (Lipinski definition) is 0. The van der Waals surface area contributed by atoms with Gasteiger partial charge in [-0.1, -0.05) is 24.1 Å². The summed E-state index contributed by atoms with van der Waals surface area (Å²) in [6.45, 7) is 0.714. The second-order valence-corrected chi connectivity index (χ2v) is 6.44. The summed E-state index contributed by atoms with van der Waals surface area (Å²) in [5.74, 6) is 6.14. The second kappa shape index (κ2) is 7.20. The van der Waals surface area contributed by atoms with Crippen molar-refractivity contribution >= 4 is 9.84 Å². The smallest absolute Gasteiger partial charge is 0.178 e. The van der Waals surface area contributed by atoms with Crippen molar-refractivity contribution in [2.24, 2.45) is 0 Å². The minimum atomic E-state index is -3.14. The van der Waals surface area contributed by atoms with E-state index in [1.165, 1.54) is 0 Å². The van der Waals surface area contributed by atoms with Gasteiger partial charge in [-0.15, -0.1) is 5.92 Å². The molecule has 0 aromatic heterocycles. The van der Waals surface area contributed by atoms with E-state index in [1.54, 1.807) is 24.3 Å². The Labute approximate surface area is 110 Å². The zero-order chi connectivity index (χ0) is 13.4. The van der Waals surface area contributed by atoms with Crippen LogP contribution in [0.3, 0.4) is 0 Å². The summed E-state index contributed by atoms with van der Waals surface area (Å²) in [6, 6.07) is 8.55. The first-order valence-electron chi connectivity index (χ1n) is 5.90. The van der Waals surface area contributed by atoms with Crippen LogP contribution in [0.15, 0.2) is 35.2 Å². The van der Waals surface area contributed by atoms with Crippen LogP contribution in [0.1, 0.15) is 12.8 Å². The quantitative estimate of drug-likeness (QED) is 0.602. The van der Waals surface area contributed by atoms with Crippen molar-refractivity contribution in [3.63, 3.8) is 0 Å². The van der Waals surface area contributed by atoms with Crippen LogP contribution in [0.5, 0.6) is 0 Å². The van der Waals surface area contributed by atoms with Crippen LogP contribution in [0.2, 0.25) is 0 Å². The van der Waals surface area contributed by atoms with Crippen LogP contribution in [-0.4, -0.2) is 39.7 Å². The monoisotopic (exact) mass is 265 g/mol. The lowest BCUT2D eigenvalue weighted by atomic mass is 10.3. The molecule has 0 heterocycles. The summed E-state index contributed by atoms with van der Waals surface area (Å²) in [7, 11) is 0.764. The predicted molar refractivity (Wildman–Crippen MR) is 74.1 cm³/mol. The SMILES string of the molecule is CN(C)CC#CCCCS(=O)(=O)c1ccccc1. The Bertz CT molecular complexity index is 510. The topological polar surface area (TPSA) is 37.4 Å². The van der Waals surface area contributed by atoms with Crippen molar-refractivity contribution in [2.75, 3.05) is 26.4 Å². The fraction of sp³-hybridized carbons (Fsp3) is 0.429. The highest BCUT2D eigenvalue weighted by molar-refractivity contribution is 7.91. The fourth-order valence-electron chi connectivity index (χ4n) is 1.40. The van der Waals surface area contributed by atoms with E-state index in [0.29, 0.717) is 24.3 Å². The average Bonchev–Trinajstić information content (AvgIpc) is 2.34. The second-order valence-electron chi connectivity index (χ2n) is 4.33. The molecule has 4 heteroatoms. The van der Waals surface area contributed by atoms with E-state index in [4.69, 9.17) is 0 Å². The zero-order valence-corrected chi connectivity index (χ0v) is 11.7. The number of nitrogens with zero attached hydrogens (tertiary/aromatic N) is 1. The molecule has 0 amide bonds. The Balaban J connectivity index is 2.41. The van der Waals surface area contributed by atoms with E-state index in [1.807, 2.05) is 25.1 Å². The Kier molecular flexibility index (Phi) is 5.90. The number of benzene rings is 1. The number of unbranched alkanes of at least 4 members (excludes halogenated alkanes) is 1. The molecule has 18 heavy (non-hydrogen) atoms. The highest BCUT2D eigenvalue weighted by atomic mass is 32.2. The average molecular weight is 265 g/mol. The van der Waals surface area contributed by atoms with Crippen molar-refractivity contribution in [3.8, 4) is 11.8 Å². The lowest BCUT2D eigenvalue weighted by Crippen LogP contribution is -2.10.